The third-order valence-corrected chi connectivity index (χ3v) is 1.80. The molecule has 0 aromatic heterocycles. The fraction of sp³-hybridized carbons (Fsp3) is 0.417. The topological polar surface area (TPSA) is 38.7 Å². The van der Waals surface area contributed by atoms with E-state index >= 15 is 0 Å². The van der Waals surface area contributed by atoms with Crippen LogP contribution in [0.2, 0.25) is 0 Å². The zero-order valence-corrected chi connectivity index (χ0v) is 9.36. The number of para-hydroxylation sites is 1. The molecule has 0 bridgehead atoms. The monoisotopic (exact) mass is 209 g/mol. The van der Waals surface area contributed by atoms with Crippen molar-refractivity contribution in [2.45, 2.75) is 26.9 Å². The number of hydrogen-bond donors (Lipinski definition) is 1. The van der Waals surface area contributed by atoms with Gasteiger partial charge in [-0.25, -0.2) is 0 Å². The molecule has 1 rings (SSSR count). The number of aliphatic hydroxyl groups excluding tert-OH is 1. The third kappa shape index (κ3) is 3.13. The van der Waals surface area contributed by atoms with Gasteiger partial charge in [-0.3, -0.25) is 0 Å². The van der Waals surface area contributed by atoms with Crippen molar-refractivity contribution in [2.75, 3.05) is 6.61 Å². The lowest BCUT2D eigenvalue weighted by Crippen LogP contribution is -2.08. The predicted octanol–water partition coefficient (Wildman–Crippen LogP) is 2.75. The van der Waals surface area contributed by atoms with Gasteiger partial charge in [0, 0.05) is 5.56 Å². The molecule has 0 heterocycles. The van der Waals surface area contributed by atoms with Gasteiger partial charge < -0.3 is 14.6 Å². The Hall–Kier alpha value is -1.22. The van der Waals surface area contributed by atoms with Crippen LogP contribution in [0.25, 0.3) is 0 Å². The Balaban J connectivity index is 3.01. The van der Waals surface area contributed by atoms with Crippen LogP contribution in [-0.2, 0) is 0 Å². The Bertz CT molecular complexity index is 308. The first-order valence-electron chi connectivity index (χ1n) is 5.09. The average Bonchev–Trinajstić information content (AvgIpc) is 2.20. The van der Waals surface area contributed by atoms with E-state index in [9.17, 15) is 0 Å². The molecule has 3 heteroatoms. The molecule has 1 radical (unpaired) electrons. The van der Waals surface area contributed by atoms with Gasteiger partial charge in [0.05, 0.1) is 12.7 Å². The zero-order chi connectivity index (χ0) is 11.3. The molecular weight excluding hydrogens is 192 g/mol. The lowest BCUT2D eigenvalue weighted by Gasteiger charge is -2.16. The molecule has 0 aliphatic rings. The molecule has 0 aliphatic heterocycles. The van der Waals surface area contributed by atoms with E-state index in [4.69, 9.17) is 14.6 Å². The summed E-state index contributed by atoms with van der Waals surface area (Å²) in [5.41, 5.74) is 0.634. The Morgan fingerprint density at radius 2 is 2.13 bits per heavy atom. The summed E-state index contributed by atoms with van der Waals surface area (Å²) >= 11 is 0. The van der Waals surface area contributed by atoms with Gasteiger partial charge in [-0.2, -0.15) is 0 Å². The summed E-state index contributed by atoms with van der Waals surface area (Å²) in [5, 5.41) is 9.04. The molecule has 0 saturated carbocycles. The summed E-state index contributed by atoms with van der Waals surface area (Å²) in [7, 11) is 0. The van der Waals surface area contributed by atoms with Crippen molar-refractivity contribution in [3.63, 3.8) is 0 Å². The molecule has 1 aromatic rings. The van der Waals surface area contributed by atoms with E-state index in [0.29, 0.717) is 23.7 Å². The molecule has 83 valence electrons. The molecule has 0 saturated heterocycles. The number of hydrogen-bond acceptors (Lipinski definition) is 3. The van der Waals surface area contributed by atoms with Crippen LogP contribution >= 0.6 is 0 Å². The standard InChI is InChI=1S/C12H17O3/c1-4-14-12-10(8-13)6-5-7-11(12)15-9(2)3/h5-9,13H,4H2,1-3H3. The van der Waals surface area contributed by atoms with E-state index in [1.807, 2.05) is 32.9 Å². The summed E-state index contributed by atoms with van der Waals surface area (Å²) in [6.45, 7) is 7.36. The smallest absolute Gasteiger partial charge is 0.167 e. The van der Waals surface area contributed by atoms with Gasteiger partial charge in [0.15, 0.2) is 11.5 Å². The summed E-state index contributed by atoms with van der Waals surface area (Å²) in [5.74, 6) is 1.26. The van der Waals surface area contributed by atoms with Crippen LogP contribution in [0.3, 0.4) is 0 Å². The quantitative estimate of drug-likeness (QED) is 0.810. The highest BCUT2D eigenvalue weighted by Crippen LogP contribution is 2.32. The van der Waals surface area contributed by atoms with E-state index < -0.39 is 0 Å². The zero-order valence-electron chi connectivity index (χ0n) is 9.36. The predicted molar refractivity (Wildman–Crippen MR) is 58.7 cm³/mol. The minimum absolute atomic E-state index is 0.0816. The molecular formula is C12H17O3. The highest BCUT2D eigenvalue weighted by atomic mass is 16.5. The molecule has 0 amide bonds. The van der Waals surface area contributed by atoms with Crippen LogP contribution in [0.4, 0.5) is 0 Å². The lowest BCUT2D eigenvalue weighted by atomic mass is 10.2. The van der Waals surface area contributed by atoms with E-state index in [0.717, 1.165) is 6.61 Å². The lowest BCUT2D eigenvalue weighted by molar-refractivity contribution is 0.222. The van der Waals surface area contributed by atoms with Gasteiger partial charge in [0.2, 0.25) is 0 Å². The summed E-state index contributed by atoms with van der Waals surface area (Å²) in [4.78, 5) is 0. The minimum Gasteiger partial charge on any atom is -0.490 e. The van der Waals surface area contributed by atoms with Crippen molar-refractivity contribution in [1.82, 2.24) is 0 Å². The maximum absolute atomic E-state index is 9.04. The van der Waals surface area contributed by atoms with Crippen LogP contribution in [0, 0.1) is 6.61 Å². The maximum Gasteiger partial charge on any atom is 0.167 e. The van der Waals surface area contributed by atoms with Crippen molar-refractivity contribution >= 4 is 0 Å². The van der Waals surface area contributed by atoms with E-state index in [2.05, 4.69) is 0 Å². The van der Waals surface area contributed by atoms with Gasteiger partial charge in [-0.15, -0.1) is 0 Å². The average molecular weight is 209 g/mol. The molecule has 0 fully saturated rings. The highest BCUT2D eigenvalue weighted by molar-refractivity contribution is 5.48. The first-order valence-corrected chi connectivity index (χ1v) is 5.09. The normalized spacial score (nSPS) is 10.5. The van der Waals surface area contributed by atoms with Crippen LogP contribution < -0.4 is 9.47 Å². The fourth-order valence-corrected chi connectivity index (χ4v) is 1.28. The van der Waals surface area contributed by atoms with Crippen molar-refractivity contribution in [3.8, 4) is 11.5 Å². The second kappa shape index (κ2) is 5.61. The SMILES string of the molecule is CCOc1c([CH]O)cccc1OC(C)C. The molecule has 0 unspecified atom stereocenters. The van der Waals surface area contributed by atoms with Gasteiger partial charge in [0.25, 0.3) is 0 Å². The Morgan fingerprint density at radius 1 is 1.40 bits per heavy atom. The first kappa shape index (κ1) is 11.9. The molecule has 0 aliphatic carbocycles. The molecule has 1 N–H and O–H groups in total. The number of aliphatic hydroxyl groups is 1. The van der Waals surface area contributed by atoms with Crippen LogP contribution in [0.5, 0.6) is 11.5 Å². The molecule has 15 heavy (non-hydrogen) atoms. The summed E-state index contributed by atoms with van der Waals surface area (Å²) in [6, 6.07) is 5.43. The van der Waals surface area contributed by atoms with Gasteiger partial charge in [-0.05, 0) is 26.8 Å². The van der Waals surface area contributed by atoms with E-state index in [-0.39, 0.29) is 6.10 Å². The second-order valence-corrected chi connectivity index (χ2v) is 3.40. The van der Waals surface area contributed by atoms with E-state index in [1.165, 1.54) is 0 Å². The molecule has 1 aromatic carbocycles. The van der Waals surface area contributed by atoms with Crippen molar-refractivity contribution in [3.05, 3.63) is 30.4 Å². The van der Waals surface area contributed by atoms with Crippen LogP contribution in [0.1, 0.15) is 26.3 Å². The molecule has 0 spiro atoms. The number of ether oxygens (including phenoxy) is 2. The fourth-order valence-electron chi connectivity index (χ4n) is 1.28. The van der Waals surface area contributed by atoms with Crippen molar-refractivity contribution in [2.24, 2.45) is 0 Å². The second-order valence-electron chi connectivity index (χ2n) is 3.40. The van der Waals surface area contributed by atoms with Crippen LogP contribution in [-0.4, -0.2) is 17.8 Å². The first-order chi connectivity index (χ1) is 7.19. The number of rotatable bonds is 5. The molecule has 0 atom stereocenters. The Labute approximate surface area is 90.6 Å². The van der Waals surface area contributed by atoms with Crippen LogP contribution in [0.15, 0.2) is 18.2 Å². The largest absolute Gasteiger partial charge is 0.490 e. The Morgan fingerprint density at radius 3 is 2.67 bits per heavy atom. The molecule has 3 nitrogen and oxygen atoms in total. The van der Waals surface area contributed by atoms with Crippen molar-refractivity contribution in [1.29, 1.82) is 0 Å². The van der Waals surface area contributed by atoms with E-state index in [1.54, 1.807) is 6.07 Å². The third-order valence-electron chi connectivity index (χ3n) is 1.80. The summed E-state index contributed by atoms with van der Waals surface area (Å²) < 4.78 is 11.0. The van der Waals surface area contributed by atoms with Gasteiger partial charge >= 0.3 is 0 Å². The van der Waals surface area contributed by atoms with Gasteiger partial charge in [0.1, 0.15) is 6.61 Å². The maximum atomic E-state index is 9.04. The Kier molecular flexibility index (Phi) is 4.43. The highest BCUT2D eigenvalue weighted by Gasteiger charge is 2.11. The van der Waals surface area contributed by atoms with Gasteiger partial charge in [-0.1, -0.05) is 12.1 Å². The van der Waals surface area contributed by atoms with Crippen molar-refractivity contribution < 1.29 is 14.6 Å². The minimum atomic E-state index is 0.0816. The number of benzene rings is 1. The summed E-state index contributed by atoms with van der Waals surface area (Å²) in [6.07, 6.45) is 0.0816.